The highest BCUT2D eigenvalue weighted by Crippen LogP contribution is 2.42. The summed E-state index contributed by atoms with van der Waals surface area (Å²) in [5.41, 5.74) is 0.769. The molecular weight excluding hydrogens is 452 g/mol. The van der Waals surface area contributed by atoms with Crippen molar-refractivity contribution in [3.8, 4) is 0 Å². The van der Waals surface area contributed by atoms with E-state index in [0.29, 0.717) is 43.9 Å². The Morgan fingerprint density at radius 2 is 1.34 bits per heavy atom. The average Bonchev–Trinajstić information content (AvgIpc) is 3.40. The van der Waals surface area contributed by atoms with Gasteiger partial charge in [0.25, 0.3) is 5.91 Å². The minimum Gasteiger partial charge on any atom is -0.338 e. The highest BCUT2D eigenvalue weighted by atomic mass is 32.2. The molecule has 188 valence electrons. The third-order valence-electron chi connectivity index (χ3n) is 8.53. The molecule has 2 saturated heterocycles. The molecule has 0 radical (unpaired) electrons. The lowest BCUT2D eigenvalue weighted by Gasteiger charge is -2.38. The maximum atomic E-state index is 13.7. The van der Waals surface area contributed by atoms with Gasteiger partial charge in [0.1, 0.15) is 0 Å². The Kier molecular flexibility index (Phi) is 8.33. The van der Waals surface area contributed by atoms with Crippen molar-refractivity contribution in [1.82, 2.24) is 9.80 Å². The van der Waals surface area contributed by atoms with Crippen molar-refractivity contribution in [2.24, 2.45) is 11.8 Å². The van der Waals surface area contributed by atoms with Crippen molar-refractivity contribution in [3.05, 3.63) is 48.0 Å². The fourth-order valence-electron chi connectivity index (χ4n) is 6.50. The molecular formula is C30H40N2O2S. The van der Waals surface area contributed by atoms with Crippen molar-refractivity contribution in [3.63, 3.8) is 0 Å². The van der Waals surface area contributed by atoms with Gasteiger partial charge in [0.2, 0.25) is 5.91 Å². The molecule has 0 N–H and O–H groups in total. The first kappa shape index (κ1) is 24.7. The van der Waals surface area contributed by atoms with E-state index in [0.717, 1.165) is 22.1 Å². The molecule has 3 fully saturated rings. The zero-order chi connectivity index (χ0) is 24.0. The van der Waals surface area contributed by atoms with E-state index < -0.39 is 0 Å². The van der Waals surface area contributed by atoms with Gasteiger partial charge in [-0.1, -0.05) is 94.2 Å². The molecule has 3 aliphatic rings. The summed E-state index contributed by atoms with van der Waals surface area (Å²) in [6.45, 7) is 2.56. The number of carbonyl (C=O) groups is 2. The second-order valence-electron chi connectivity index (χ2n) is 10.7. The zero-order valence-corrected chi connectivity index (χ0v) is 21.8. The van der Waals surface area contributed by atoms with Crippen molar-refractivity contribution in [2.75, 3.05) is 31.9 Å². The number of hydrogen-bond acceptors (Lipinski definition) is 3. The van der Waals surface area contributed by atoms with E-state index in [1.54, 1.807) is 0 Å². The summed E-state index contributed by atoms with van der Waals surface area (Å²) >= 11 is 1.90. The van der Waals surface area contributed by atoms with Crippen LogP contribution in [-0.4, -0.2) is 58.8 Å². The molecule has 2 aromatic rings. The molecule has 2 amide bonds. The summed E-state index contributed by atoms with van der Waals surface area (Å²) in [6, 6.07) is 14.0. The highest BCUT2D eigenvalue weighted by molar-refractivity contribution is 8.00. The Bertz CT molecular complexity index is 1000. The molecule has 2 unspecified atom stereocenters. The third kappa shape index (κ3) is 5.71. The van der Waals surface area contributed by atoms with E-state index in [1.165, 1.54) is 64.2 Å². The SMILES string of the molecule is O=C(c1cccc2ccccc12)N1CCN(C(=O)C2SCCC2C2CCCCCCCCC2)CC1. The fourth-order valence-corrected chi connectivity index (χ4v) is 8.06. The summed E-state index contributed by atoms with van der Waals surface area (Å²) in [5.74, 6) is 2.81. The molecule has 1 aliphatic carbocycles. The Balaban J connectivity index is 1.20. The number of nitrogens with zero attached hydrogens (tertiary/aromatic N) is 2. The number of piperazine rings is 1. The van der Waals surface area contributed by atoms with E-state index in [4.69, 9.17) is 0 Å². The van der Waals surface area contributed by atoms with Crippen LogP contribution >= 0.6 is 11.8 Å². The number of rotatable bonds is 3. The Hall–Kier alpha value is -2.01. The van der Waals surface area contributed by atoms with Gasteiger partial charge in [-0.05, 0) is 40.8 Å². The largest absolute Gasteiger partial charge is 0.338 e. The van der Waals surface area contributed by atoms with Crippen LogP contribution in [0.5, 0.6) is 0 Å². The second-order valence-corrected chi connectivity index (χ2v) is 11.9. The van der Waals surface area contributed by atoms with Crippen molar-refractivity contribution >= 4 is 34.3 Å². The molecule has 2 heterocycles. The van der Waals surface area contributed by atoms with Crippen LogP contribution in [0.3, 0.4) is 0 Å². The van der Waals surface area contributed by atoms with Crippen LogP contribution in [0.15, 0.2) is 42.5 Å². The van der Waals surface area contributed by atoms with Gasteiger partial charge in [0.05, 0.1) is 5.25 Å². The minimum atomic E-state index is 0.0866. The van der Waals surface area contributed by atoms with Crippen LogP contribution in [-0.2, 0) is 4.79 Å². The van der Waals surface area contributed by atoms with Crippen molar-refractivity contribution in [1.29, 1.82) is 0 Å². The van der Waals surface area contributed by atoms with Crippen LogP contribution in [0.25, 0.3) is 10.8 Å². The first-order chi connectivity index (χ1) is 17.2. The lowest BCUT2D eigenvalue weighted by Crippen LogP contribution is -2.53. The van der Waals surface area contributed by atoms with E-state index >= 15 is 0 Å². The predicted octanol–water partition coefficient (Wildman–Crippen LogP) is 6.39. The van der Waals surface area contributed by atoms with E-state index in [-0.39, 0.29) is 11.2 Å². The Labute approximate surface area is 214 Å². The summed E-state index contributed by atoms with van der Waals surface area (Å²) in [4.78, 5) is 31.0. The summed E-state index contributed by atoms with van der Waals surface area (Å²) in [6.07, 6.45) is 13.4. The number of hydrogen-bond donors (Lipinski definition) is 0. The molecule has 2 aliphatic heterocycles. The first-order valence-corrected chi connectivity index (χ1v) is 14.9. The van der Waals surface area contributed by atoms with Gasteiger partial charge in [-0.25, -0.2) is 0 Å². The molecule has 0 aromatic heterocycles. The molecule has 0 bridgehead atoms. The summed E-state index contributed by atoms with van der Waals surface area (Å²) in [5, 5.41) is 2.23. The Morgan fingerprint density at radius 3 is 2.09 bits per heavy atom. The van der Waals surface area contributed by atoms with Gasteiger partial charge in [0, 0.05) is 31.7 Å². The van der Waals surface area contributed by atoms with E-state index in [1.807, 2.05) is 47.0 Å². The van der Waals surface area contributed by atoms with Crippen LogP contribution in [0, 0.1) is 11.8 Å². The average molecular weight is 493 g/mol. The van der Waals surface area contributed by atoms with Crippen LogP contribution in [0.1, 0.15) is 74.6 Å². The summed E-state index contributed by atoms with van der Waals surface area (Å²) in [7, 11) is 0. The lowest BCUT2D eigenvalue weighted by atomic mass is 9.79. The van der Waals surface area contributed by atoms with E-state index in [9.17, 15) is 9.59 Å². The number of carbonyl (C=O) groups excluding carboxylic acids is 2. The Morgan fingerprint density at radius 1 is 0.714 bits per heavy atom. The summed E-state index contributed by atoms with van der Waals surface area (Å²) < 4.78 is 0. The van der Waals surface area contributed by atoms with Gasteiger partial charge >= 0.3 is 0 Å². The standard InChI is InChI=1S/C30H40N2O2S/c33-29(27-16-10-14-23-13-8-9-15-25(23)27)31-18-20-32(21-19-31)30(34)28-26(17-22-35-28)24-11-6-4-2-1-3-5-7-12-24/h8-10,13-16,24,26,28H,1-7,11-12,17-22H2. The number of amides is 2. The quantitative estimate of drug-likeness (QED) is 0.499. The number of fused-ring (bicyclic) bond motifs is 1. The molecule has 0 spiro atoms. The lowest BCUT2D eigenvalue weighted by molar-refractivity contribution is -0.133. The molecule has 2 aromatic carbocycles. The molecule has 5 heteroatoms. The minimum absolute atomic E-state index is 0.0866. The third-order valence-corrected chi connectivity index (χ3v) is 9.92. The van der Waals surface area contributed by atoms with Crippen LogP contribution < -0.4 is 0 Å². The van der Waals surface area contributed by atoms with Gasteiger partial charge in [-0.15, -0.1) is 11.8 Å². The maximum Gasteiger partial charge on any atom is 0.254 e. The number of thioether (sulfide) groups is 1. The highest BCUT2D eigenvalue weighted by Gasteiger charge is 2.41. The normalized spacial score (nSPS) is 25.0. The predicted molar refractivity (Wildman–Crippen MR) is 146 cm³/mol. The van der Waals surface area contributed by atoms with Crippen molar-refractivity contribution in [2.45, 2.75) is 69.5 Å². The second kappa shape index (κ2) is 11.8. The van der Waals surface area contributed by atoms with Gasteiger partial charge in [-0.3, -0.25) is 9.59 Å². The monoisotopic (exact) mass is 492 g/mol. The van der Waals surface area contributed by atoms with Crippen molar-refractivity contribution < 1.29 is 9.59 Å². The van der Waals surface area contributed by atoms with Crippen LogP contribution in [0.4, 0.5) is 0 Å². The number of benzene rings is 2. The van der Waals surface area contributed by atoms with Gasteiger partial charge in [0.15, 0.2) is 0 Å². The molecule has 2 atom stereocenters. The smallest absolute Gasteiger partial charge is 0.254 e. The zero-order valence-electron chi connectivity index (χ0n) is 21.0. The molecule has 5 rings (SSSR count). The fraction of sp³-hybridized carbons (Fsp3) is 0.600. The molecule has 4 nitrogen and oxygen atoms in total. The van der Waals surface area contributed by atoms with E-state index in [2.05, 4.69) is 17.0 Å². The maximum absolute atomic E-state index is 13.7. The molecule has 1 saturated carbocycles. The van der Waals surface area contributed by atoms with Crippen LogP contribution in [0.2, 0.25) is 0 Å². The van der Waals surface area contributed by atoms with Gasteiger partial charge < -0.3 is 9.80 Å². The molecule has 35 heavy (non-hydrogen) atoms. The van der Waals surface area contributed by atoms with Gasteiger partial charge in [-0.2, -0.15) is 0 Å². The topological polar surface area (TPSA) is 40.6 Å². The first-order valence-electron chi connectivity index (χ1n) is 13.9.